The lowest BCUT2D eigenvalue weighted by molar-refractivity contribution is -0.146. The molecule has 2 bridgehead atoms. The van der Waals surface area contributed by atoms with E-state index in [0.717, 1.165) is 17.6 Å². The first-order valence-corrected chi connectivity index (χ1v) is 10.9. The standard InChI is InChI=1S/C25H28N4O2/c1-25(2,24(31)26-13-12-16-8-4-3-5-9-16)29-20-14-18-17-10-6-7-11-19(17)28-22(18)21(29)15-27-23(20)30/h3-11,20-21,28H,12-15H2,1-2H3,(H,26,31)(H,27,30)/t20-,21?/m0/s1. The molecule has 2 aliphatic heterocycles. The summed E-state index contributed by atoms with van der Waals surface area (Å²) in [5.74, 6) is -0.0509. The molecule has 5 rings (SSSR count). The summed E-state index contributed by atoms with van der Waals surface area (Å²) >= 11 is 0. The zero-order valence-corrected chi connectivity index (χ0v) is 17.9. The number of nitrogens with one attached hydrogen (secondary N) is 3. The van der Waals surface area contributed by atoms with Crippen molar-refractivity contribution in [1.82, 2.24) is 20.5 Å². The highest BCUT2D eigenvalue weighted by atomic mass is 16.2. The highest BCUT2D eigenvalue weighted by molar-refractivity contribution is 5.91. The molecule has 2 atom stereocenters. The zero-order valence-electron chi connectivity index (χ0n) is 17.9. The van der Waals surface area contributed by atoms with Gasteiger partial charge in [0.15, 0.2) is 0 Å². The average molecular weight is 417 g/mol. The van der Waals surface area contributed by atoms with Gasteiger partial charge < -0.3 is 15.6 Å². The molecule has 2 aliphatic rings. The molecular weight excluding hydrogens is 388 g/mol. The number of aromatic amines is 1. The van der Waals surface area contributed by atoms with Gasteiger partial charge in [0.1, 0.15) is 0 Å². The summed E-state index contributed by atoms with van der Waals surface area (Å²) in [6, 6.07) is 17.9. The molecule has 3 N–H and O–H groups in total. The fraction of sp³-hybridized carbons (Fsp3) is 0.360. The lowest BCUT2D eigenvalue weighted by atomic mass is 9.83. The monoisotopic (exact) mass is 416 g/mol. The van der Waals surface area contributed by atoms with Crippen LogP contribution >= 0.6 is 0 Å². The summed E-state index contributed by atoms with van der Waals surface area (Å²) in [5.41, 5.74) is 3.77. The van der Waals surface area contributed by atoms with Crippen molar-refractivity contribution in [3.05, 3.63) is 71.4 Å². The summed E-state index contributed by atoms with van der Waals surface area (Å²) in [6.45, 7) is 4.92. The molecule has 0 aliphatic carbocycles. The molecule has 1 fully saturated rings. The van der Waals surface area contributed by atoms with Gasteiger partial charge in [-0.15, -0.1) is 0 Å². The number of rotatable bonds is 5. The first-order chi connectivity index (χ1) is 15.0. The van der Waals surface area contributed by atoms with E-state index in [1.807, 2.05) is 44.2 Å². The molecule has 31 heavy (non-hydrogen) atoms. The van der Waals surface area contributed by atoms with Crippen molar-refractivity contribution in [2.45, 2.75) is 44.3 Å². The molecule has 1 unspecified atom stereocenters. The Bertz CT molecular complexity index is 1130. The van der Waals surface area contributed by atoms with E-state index in [-0.39, 0.29) is 23.9 Å². The molecular formula is C25H28N4O2. The maximum atomic E-state index is 13.3. The van der Waals surface area contributed by atoms with Crippen molar-refractivity contribution < 1.29 is 9.59 Å². The summed E-state index contributed by atoms with van der Waals surface area (Å²) in [6.07, 6.45) is 1.38. The highest BCUT2D eigenvalue weighted by Gasteiger charge is 2.51. The summed E-state index contributed by atoms with van der Waals surface area (Å²) in [5, 5.41) is 7.32. The Labute approximate surface area is 182 Å². The number of benzene rings is 2. The largest absolute Gasteiger partial charge is 0.357 e. The third-order valence-electron chi connectivity index (χ3n) is 6.76. The number of nitrogens with zero attached hydrogens (tertiary/aromatic N) is 1. The van der Waals surface area contributed by atoms with Gasteiger partial charge in [-0.3, -0.25) is 14.5 Å². The number of piperazine rings is 1. The predicted octanol–water partition coefficient (Wildman–Crippen LogP) is 2.70. The normalized spacial score (nSPS) is 20.9. The molecule has 160 valence electrons. The minimum absolute atomic E-state index is 0.00246. The Balaban J connectivity index is 1.41. The number of amides is 2. The number of para-hydroxylation sites is 1. The third kappa shape index (κ3) is 3.31. The van der Waals surface area contributed by atoms with Crippen molar-refractivity contribution in [1.29, 1.82) is 0 Å². The lowest BCUT2D eigenvalue weighted by Gasteiger charge is -2.51. The van der Waals surface area contributed by atoms with E-state index in [1.54, 1.807) is 0 Å². The molecule has 0 spiro atoms. The van der Waals surface area contributed by atoms with Gasteiger partial charge in [0.2, 0.25) is 11.8 Å². The average Bonchev–Trinajstić information content (AvgIpc) is 3.15. The van der Waals surface area contributed by atoms with E-state index in [1.165, 1.54) is 16.5 Å². The highest BCUT2D eigenvalue weighted by Crippen LogP contribution is 2.42. The Morgan fingerprint density at radius 1 is 1.10 bits per heavy atom. The lowest BCUT2D eigenvalue weighted by Crippen LogP contribution is -2.69. The number of H-pyrrole nitrogens is 1. The minimum atomic E-state index is -0.821. The van der Waals surface area contributed by atoms with E-state index in [4.69, 9.17) is 0 Å². The molecule has 3 heterocycles. The first kappa shape index (κ1) is 19.8. The van der Waals surface area contributed by atoms with E-state index in [2.05, 4.69) is 44.8 Å². The molecule has 2 aromatic carbocycles. The molecule has 1 saturated heterocycles. The van der Waals surface area contributed by atoms with Crippen LogP contribution in [0.25, 0.3) is 10.9 Å². The van der Waals surface area contributed by atoms with Gasteiger partial charge in [0, 0.05) is 29.7 Å². The Hall–Kier alpha value is -3.12. The zero-order chi connectivity index (χ0) is 21.6. The van der Waals surface area contributed by atoms with Gasteiger partial charge in [-0.2, -0.15) is 0 Å². The van der Waals surface area contributed by atoms with Crippen LogP contribution in [0, 0.1) is 0 Å². The maximum absolute atomic E-state index is 13.3. The quantitative estimate of drug-likeness (QED) is 0.599. The van der Waals surface area contributed by atoms with Gasteiger partial charge in [0.25, 0.3) is 0 Å². The van der Waals surface area contributed by atoms with Crippen LogP contribution < -0.4 is 10.6 Å². The van der Waals surface area contributed by atoms with E-state index < -0.39 is 5.54 Å². The topological polar surface area (TPSA) is 77.2 Å². The smallest absolute Gasteiger partial charge is 0.240 e. The van der Waals surface area contributed by atoms with Crippen LogP contribution in [0.2, 0.25) is 0 Å². The minimum Gasteiger partial charge on any atom is -0.357 e. The van der Waals surface area contributed by atoms with Crippen LogP contribution in [-0.2, 0) is 22.4 Å². The number of carbonyl (C=O) groups is 2. The second-order valence-electron chi connectivity index (χ2n) is 9.00. The second kappa shape index (κ2) is 7.54. The molecule has 3 aromatic rings. The fourth-order valence-electron chi connectivity index (χ4n) is 5.19. The maximum Gasteiger partial charge on any atom is 0.240 e. The Morgan fingerprint density at radius 3 is 2.65 bits per heavy atom. The van der Waals surface area contributed by atoms with Crippen molar-refractivity contribution in [3.63, 3.8) is 0 Å². The molecule has 1 aromatic heterocycles. The number of fused-ring (bicyclic) bond motifs is 6. The number of hydrogen-bond donors (Lipinski definition) is 3. The van der Waals surface area contributed by atoms with Crippen LogP contribution in [0.5, 0.6) is 0 Å². The van der Waals surface area contributed by atoms with Crippen LogP contribution in [0.3, 0.4) is 0 Å². The summed E-state index contributed by atoms with van der Waals surface area (Å²) in [4.78, 5) is 31.8. The number of aromatic nitrogens is 1. The number of carbonyl (C=O) groups excluding carboxylic acids is 2. The second-order valence-corrected chi connectivity index (χ2v) is 9.00. The molecule has 6 heteroatoms. The Morgan fingerprint density at radius 2 is 1.84 bits per heavy atom. The van der Waals surface area contributed by atoms with Crippen molar-refractivity contribution >= 4 is 22.7 Å². The van der Waals surface area contributed by atoms with Gasteiger partial charge in [-0.05, 0) is 43.9 Å². The van der Waals surface area contributed by atoms with E-state index in [0.29, 0.717) is 19.5 Å². The molecule has 2 amide bonds. The van der Waals surface area contributed by atoms with Crippen LogP contribution in [-0.4, -0.2) is 46.4 Å². The van der Waals surface area contributed by atoms with Crippen LogP contribution in [0.15, 0.2) is 54.6 Å². The molecule has 0 radical (unpaired) electrons. The van der Waals surface area contributed by atoms with Gasteiger partial charge >= 0.3 is 0 Å². The fourth-order valence-corrected chi connectivity index (χ4v) is 5.19. The van der Waals surface area contributed by atoms with Gasteiger partial charge in [-0.1, -0.05) is 48.5 Å². The number of hydrogen-bond acceptors (Lipinski definition) is 3. The summed E-state index contributed by atoms with van der Waals surface area (Å²) < 4.78 is 0. The molecule has 0 saturated carbocycles. The third-order valence-corrected chi connectivity index (χ3v) is 6.76. The summed E-state index contributed by atoms with van der Waals surface area (Å²) in [7, 11) is 0. The van der Waals surface area contributed by atoms with Gasteiger partial charge in [0.05, 0.1) is 17.6 Å². The predicted molar refractivity (Wildman–Crippen MR) is 121 cm³/mol. The van der Waals surface area contributed by atoms with Crippen LogP contribution in [0.4, 0.5) is 0 Å². The Kier molecular flexibility index (Phi) is 4.82. The van der Waals surface area contributed by atoms with Crippen molar-refractivity contribution in [3.8, 4) is 0 Å². The van der Waals surface area contributed by atoms with Gasteiger partial charge in [-0.25, -0.2) is 0 Å². The molecule has 6 nitrogen and oxygen atoms in total. The van der Waals surface area contributed by atoms with Crippen molar-refractivity contribution in [2.24, 2.45) is 0 Å². The van der Waals surface area contributed by atoms with Crippen molar-refractivity contribution in [2.75, 3.05) is 13.1 Å². The van der Waals surface area contributed by atoms with Crippen LogP contribution in [0.1, 0.15) is 36.7 Å². The first-order valence-electron chi connectivity index (χ1n) is 10.9. The van der Waals surface area contributed by atoms with E-state index >= 15 is 0 Å². The SMILES string of the molecule is CC(C)(C(=O)NCCc1ccccc1)N1C2CNC(=O)[C@@H]1Cc1c2[nH]c2ccccc12. The van der Waals surface area contributed by atoms with E-state index in [9.17, 15) is 9.59 Å².